The first-order valence-corrected chi connectivity index (χ1v) is 9.35. The maximum Gasteiger partial charge on any atom is 0.272 e. The Morgan fingerprint density at radius 1 is 1.35 bits per heavy atom. The van der Waals surface area contributed by atoms with Crippen molar-refractivity contribution in [2.75, 3.05) is 13.1 Å². The summed E-state index contributed by atoms with van der Waals surface area (Å²) in [6.07, 6.45) is 2.04. The van der Waals surface area contributed by atoms with Crippen LogP contribution in [0, 0.1) is 13.8 Å². The third-order valence-electron chi connectivity index (χ3n) is 5.25. The Labute approximate surface area is 153 Å². The number of H-pyrrole nitrogens is 1. The van der Waals surface area contributed by atoms with E-state index in [2.05, 4.69) is 29.1 Å². The molecule has 0 saturated carbocycles. The number of nitrogens with zero attached hydrogens (tertiary/aromatic N) is 4. The summed E-state index contributed by atoms with van der Waals surface area (Å²) in [4.78, 5) is 23.3. The third-order valence-corrected chi connectivity index (χ3v) is 5.25. The number of carbonyl (C=O) groups excluding carboxylic acids is 1. The number of likely N-dealkylation sites (tertiary alicyclic amines) is 1. The van der Waals surface area contributed by atoms with Crippen LogP contribution in [0.5, 0.6) is 0 Å². The van der Waals surface area contributed by atoms with Crippen molar-refractivity contribution < 1.29 is 4.79 Å². The fraction of sp³-hybridized carbons (Fsp3) is 0.450. The second-order valence-corrected chi connectivity index (χ2v) is 7.17. The van der Waals surface area contributed by atoms with Crippen LogP contribution in [0.1, 0.15) is 53.3 Å². The molecule has 1 N–H and O–H groups in total. The molecular weight excluding hydrogens is 326 g/mol. The molecular formula is C20H25N5O. The van der Waals surface area contributed by atoms with Crippen molar-refractivity contribution in [1.29, 1.82) is 0 Å². The number of rotatable bonds is 3. The summed E-state index contributed by atoms with van der Waals surface area (Å²) in [6.45, 7) is 8.22. The number of nitrogens with one attached hydrogen (secondary N) is 1. The van der Waals surface area contributed by atoms with Gasteiger partial charge in [-0.2, -0.15) is 5.10 Å². The van der Waals surface area contributed by atoms with Crippen LogP contribution in [0.3, 0.4) is 0 Å². The van der Waals surface area contributed by atoms with E-state index in [4.69, 9.17) is 4.98 Å². The summed E-state index contributed by atoms with van der Waals surface area (Å²) in [5, 5.41) is 4.41. The Hall–Kier alpha value is -2.63. The van der Waals surface area contributed by atoms with Gasteiger partial charge in [0.05, 0.1) is 16.7 Å². The number of imidazole rings is 1. The Bertz CT molecular complexity index is 954. The van der Waals surface area contributed by atoms with Crippen LogP contribution in [-0.4, -0.2) is 43.6 Å². The van der Waals surface area contributed by atoms with Gasteiger partial charge in [0.25, 0.3) is 5.91 Å². The highest BCUT2D eigenvalue weighted by Gasteiger charge is 2.29. The van der Waals surface area contributed by atoms with Gasteiger partial charge in [0.15, 0.2) is 0 Å². The van der Waals surface area contributed by atoms with Gasteiger partial charge >= 0.3 is 0 Å². The summed E-state index contributed by atoms with van der Waals surface area (Å²) in [7, 11) is 0. The smallest absolute Gasteiger partial charge is 0.272 e. The minimum absolute atomic E-state index is 0.0736. The van der Waals surface area contributed by atoms with Gasteiger partial charge in [-0.05, 0) is 51.3 Å². The van der Waals surface area contributed by atoms with Crippen molar-refractivity contribution in [1.82, 2.24) is 24.6 Å². The van der Waals surface area contributed by atoms with E-state index in [0.29, 0.717) is 18.8 Å². The first-order chi connectivity index (χ1) is 12.6. The second-order valence-electron chi connectivity index (χ2n) is 7.17. The number of aromatic amines is 1. The van der Waals surface area contributed by atoms with Crippen LogP contribution >= 0.6 is 0 Å². The quantitative estimate of drug-likeness (QED) is 0.786. The molecule has 1 aliphatic rings. The van der Waals surface area contributed by atoms with Crippen molar-refractivity contribution in [3.63, 3.8) is 0 Å². The highest BCUT2D eigenvalue weighted by atomic mass is 16.2. The number of aromatic nitrogens is 4. The maximum absolute atomic E-state index is 13.0. The summed E-state index contributed by atoms with van der Waals surface area (Å²) in [5.74, 6) is 1.31. The Morgan fingerprint density at radius 3 is 2.96 bits per heavy atom. The van der Waals surface area contributed by atoms with Crippen molar-refractivity contribution in [3.05, 3.63) is 47.0 Å². The van der Waals surface area contributed by atoms with Crippen molar-refractivity contribution >= 4 is 16.9 Å². The second kappa shape index (κ2) is 6.59. The highest BCUT2D eigenvalue weighted by Crippen LogP contribution is 2.28. The molecule has 1 saturated heterocycles. The zero-order valence-electron chi connectivity index (χ0n) is 15.6. The Kier molecular flexibility index (Phi) is 4.26. The molecule has 0 radical (unpaired) electrons. The highest BCUT2D eigenvalue weighted by molar-refractivity contribution is 5.92. The van der Waals surface area contributed by atoms with E-state index in [1.807, 2.05) is 30.9 Å². The van der Waals surface area contributed by atoms with Crippen LogP contribution in [-0.2, 0) is 6.54 Å². The van der Waals surface area contributed by atoms with E-state index in [-0.39, 0.29) is 11.8 Å². The molecule has 1 fully saturated rings. The lowest BCUT2D eigenvalue weighted by Crippen LogP contribution is -2.40. The molecule has 0 bridgehead atoms. The zero-order valence-corrected chi connectivity index (χ0v) is 15.6. The monoisotopic (exact) mass is 351 g/mol. The molecule has 26 heavy (non-hydrogen) atoms. The summed E-state index contributed by atoms with van der Waals surface area (Å²) < 4.78 is 1.80. The number of benzene rings is 1. The van der Waals surface area contributed by atoms with E-state index in [1.165, 1.54) is 5.56 Å². The Balaban J connectivity index is 1.58. The molecule has 0 unspecified atom stereocenters. The average Bonchev–Trinajstić information content (AvgIpc) is 3.25. The largest absolute Gasteiger partial charge is 0.342 e. The molecule has 6 heteroatoms. The van der Waals surface area contributed by atoms with Gasteiger partial charge in [0.1, 0.15) is 11.5 Å². The molecule has 6 nitrogen and oxygen atoms in total. The summed E-state index contributed by atoms with van der Waals surface area (Å²) in [6, 6.07) is 8.08. The molecule has 3 heterocycles. The number of amides is 1. The maximum atomic E-state index is 13.0. The predicted octanol–water partition coefficient (Wildman–Crippen LogP) is 3.42. The zero-order chi connectivity index (χ0) is 18.3. The summed E-state index contributed by atoms with van der Waals surface area (Å²) >= 11 is 0. The number of aryl methyl sites for hydroxylation is 3. The fourth-order valence-electron chi connectivity index (χ4n) is 3.89. The topological polar surface area (TPSA) is 66.8 Å². The van der Waals surface area contributed by atoms with Gasteiger partial charge in [0, 0.05) is 25.6 Å². The third kappa shape index (κ3) is 2.89. The lowest BCUT2D eigenvalue weighted by atomic mass is 9.97. The van der Waals surface area contributed by atoms with E-state index in [9.17, 15) is 4.79 Å². The fourth-order valence-corrected chi connectivity index (χ4v) is 3.89. The number of carbonyl (C=O) groups is 1. The van der Waals surface area contributed by atoms with Gasteiger partial charge < -0.3 is 9.88 Å². The molecule has 1 amide bonds. The number of hydrogen-bond donors (Lipinski definition) is 1. The number of hydrogen-bond acceptors (Lipinski definition) is 3. The normalized spacial score (nSPS) is 17.8. The van der Waals surface area contributed by atoms with E-state index in [0.717, 1.165) is 41.9 Å². The molecule has 0 aliphatic carbocycles. The predicted molar refractivity (Wildman–Crippen MR) is 101 cm³/mol. The molecule has 4 rings (SSSR count). The van der Waals surface area contributed by atoms with Gasteiger partial charge in [-0.15, -0.1) is 0 Å². The van der Waals surface area contributed by atoms with Crippen LogP contribution in [0.2, 0.25) is 0 Å². The van der Waals surface area contributed by atoms with E-state index < -0.39 is 0 Å². The molecule has 136 valence electrons. The first kappa shape index (κ1) is 16.8. The lowest BCUT2D eigenvalue weighted by molar-refractivity contribution is 0.0692. The van der Waals surface area contributed by atoms with Gasteiger partial charge in [0.2, 0.25) is 0 Å². The number of para-hydroxylation sites is 1. The average molecular weight is 351 g/mol. The molecule has 0 spiro atoms. The van der Waals surface area contributed by atoms with E-state index >= 15 is 0 Å². The number of piperidine rings is 1. The summed E-state index contributed by atoms with van der Waals surface area (Å²) in [5.41, 5.74) is 4.85. The van der Waals surface area contributed by atoms with Crippen LogP contribution in [0.15, 0.2) is 24.3 Å². The molecule has 1 aliphatic heterocycles. The van der Waals surface area contributed by atoms with Crippen LogP contribution < -0.4 is 0 Å². The van der Waals surface area contributed by atoms with Crippen LogP contribution in [0.25, 0.3) is 11.0 Å². The molecule has 3 aromatic rings. The van der Waals surface area contributed by atoms with Crippen molar-refractivity contribution in [2.24, 2.45) is 0 Å². The van der Waals surface area contributed by atoms with Gasteiger partial charge in [-0.25, -0.2) is 4.98 Å². The minimum atomic E-state index is 0.0736. The van der Waals surface area contributed by atoms with Crippen molar-refractivity contribution in [3.8, 4) is 0 Å². The van der Waals surface area contributed by atoms with Gasteiger partial charge in [-0.1, -0.05) is 12.1 Å². The first-order valence-electron chi connectivity index (χ1n) is 9.35. The standard InChI is InChI=1S/C20H25N5O/c1-4-25-17(11-14(3)23-25)20(26)24-10-6-8-15(12-24)19-21-16-9-5-7-13(2)18(16)22-19/h5,7,9,11,15H,4,6,8,10,12H2,1-3H3,(H,21,22)/t15-/m0/s1. The Morgan fingerprint density at radius 2 is 2.19 bits per heavy atom. The molecule has 2 aromatic heterocycles. The lowest BCUT2D eigenvalue weighted by Gasteiger charge is -2.31. The number of fused-ring (bicyclic) bond motifs is 1. The van der Waals surface area contributed by atoms with Gasteiger partial charge in [-0.3, -0.25) is 9.48 Å². The molecule has 1 aromatic carbocycles. The molecule has 1 atom stereocenters. The SMILES string of the molecule is CCn1nc(C)cc1C(=O)N1CCC[C@H](c2nc3c(C)cccc3[nH]2)C1. The van der Waals surface area contributed by atoms with Crippen LogP contribution in [0.4, 0.5) is 0 Å². The van der Waals surface area contributed by atoms with E-state index in [1.54, 1.807) is 4.68 Å². The minimum Gasteiger partial charge on any atom is -0.342 e. The van der Waals surface area contributed by atoms with Crippen molar-refractivity contribution in [2.45, 2.75) is 46.1 Å².